The number of aromatic amines is 1. The lowest BCUT2D eigenvalue weighted by Crippen LogP contribution is -2.29. The van der Waals surface area contributed by atoms with Crippen LogP contribution in [0.2, 0.25) is 0 Å². The van der Waals surface area contributed by atoms with Crippen LogP contribution in [0.25, 0.3) is 11.2 Å². The summed E-state index contributed by atoms with van der Waals surface area (Å²) in [5.41, 5.74) is 5.08. The van der Waals surface area contributed by atoms with E-state index in [2.05, 4.69) is 34.7 Å². The second-order valence-electron chi connectivity index (χ2n) is 6.69. The minimum Gasteiger partial charge on any atom is -0.371 e. The first-order valence-electron chi connectivity index (χ1n) is 9.08. The largest absolute Gasteiger partial charge is 0.490 e. The number of phosphoric ester groups is 1. The van der Waals surface area contributed by atoms with E-state index in [1.165, 1.54) is 17.0 Å². The third-order valence-electron chi connectivity index (χ3n) is 4.19. The van der Waals surface area contributed by atoms with E-state index in [-0.39, 0.29) is 30.1 Å². The molecule has 2 aromatic heterocycles. The van der Waals surface area contributed by atoms with Gasteiger partial charge in [-0.2, -0.15) is 13.6 Å². The summed E-state index contributed by atoms with van der Waals surface area (Å²) >= 11 is 0. The molecule has 5 atom stereocenters. The predicted molar refractivity (Wildman–Crippen MR) is 111 cm³/mol. The molecule has 34 heavy (non-hydrogen) atoms. The van der Waals surface area contributed by atoms with Crippen molar-refractivity contribution in [2.24, 2.45) is 0 Å². The highest BCUT2D eigenvalue weighted by atomic mass is 31.3. The van der Waals surface area contributed by atoms with Crippen molar-refractivity contribution in [3.63, 3.8) is 0 Å². The summed E-state index contributed by atoms with van der Waals surface area (Å²) in [5, 5.41) is 0. The Morgan fingerprint density at radius 1 is 1.26 bits per heavy atom. The zero-order chi connectivity index (χ0) is 25.3. The number of hydrogen-bond donors (Lipinski definition) is 6. The molecule has 0 aromatic carbocycles. The standard InChI is InChI=1S/C13H20N5O13P3/c1-2-3-27-7-4-9(18-6-15-10-11(18)16-13(14)17-12(10)19)29-8(7)5-28-33(23,24)31-34(25,26)30-32(20,21)22/h2,6-9H,1,3-5H2,(H,23,24)(H,25,26)(H2,20,21,22)(H3,14,16,17,19)/t7?,8-,9-/m1/s1. The highest BCUT2D eigenvalue weighted by Gasteiger charge is 2.43. The SMILES string of the molecule is C=CCOC1C[C@H](n2cnc3c(=O)[nH]c(N)nc32)O[C@@H]1COP(=O)(O)OP(=O)(O)OP(=O)(O)O. The van der Waals surface area contributed by atoms with Crippen molar-refractivity contribution in [2.75, 3.05) is 18.9 Å². The Kier molecular flexibility index (Phi) is 7.94. The van der Waals surface area contributed by atoms with Crippen LogP contribution in [0.3, 0.4) is 0 Å². The molecule has 1 fully saturated rings. The molecule has 3 rings (SSSR count). The van der Waals surface area contributed by atoms with Crippen LogP contribution in [-0.2, 0) is 36.3 Å². The molecule has 190 valence electrons. The first-order chi connectivity index (χ1) is 15.7. The number of hydrogen-bond acceptors (Lipinski definition) is 12. The first kappa shape index (κ1) is 26.8. The fourth-order valence-corrected chi connectivity index (χ4v) is 6.04. The Bertz CT molecular complexity index is 1260. The Morgan fingerprint density at radius 2 is 1.97 bits per heavy atom. The molecule has 3 unspecified atom stereocenters. The predicted octanol–water partition coefficient (Wildman–Crippen LogP) is -0.0962. The molecule has 21 heteroatoms. The fraction of sp³-hybridized carbons (Fsp3) is 0.462. The Labute approximate surface area is 189 Å². The lowest BCUT2D eigenvalue weighted by atomic mass is 10.2. The van der Waals surface area contributed by atoms with Crippen molar-refractivity contribution in [2.45, 2.75) is 24.9 Å². The molecular formula is C13H20N5O13P3. The van der Waals surface area contributed by atoms with Gasteiger partial charge in [0.05, 0.1) is 25.6 Å². The van der Waals surface area contributed by atoms with Gasteiger partial charge in [0.2, 0.25) is 5.95 Å². The van der Waals surface area contributed by atoms with Crippen LogP contribution >= 0.6 is 23.5 Å². The van der Waals surface area contributed by atoms with Crippen molar-refractivity contribution in [3.05, 3.63) is 29.3 Å². The summed E-state index contributed by atoms with van der Waals surface area (Å²) < 4.78 is 58.9. The zero-order valence-electron chi connectivity index (χ0n) is 16.9. The molecule has 0 radical (unpaired) electrons. The van der Waals surface area contributed by atoms with Crippen LogP contribution in [0.4, 0.5) is 5.95 Å². The van der Waals surface area contributed by atoms with Crippen LogP contribution in [0.1, 0.15) is 12.6 Å². The number of aromatic nitrogens is 4. The van der Waals surface area contributed by atoms with Crippen molar-refractivity contribution in [1.29, 1.82) is 0 Å². The molecule has 0 saturated carbocycles. The van der Waals surface area contributed by atoms with Gasteiger partial charge in [0.1, 0.15) is 12.3 Å². The van der Waals surface area contributed by atoms with Gasteiger partial charge < -0.3 is 34.8 Å². The van der Waals surface area contributed by atoms with E-state index in [9.17, 15) is 28.3 Å². The maximum Gasteiger partial charge on any atom is 0.490 e. The van der Waals surface area contributed by atoms with E-state index in [0.717, 1.165) is 0 Å². The zero-order valence-corrected chi connectivity index (χ0v) is 19.6. The van der Waals surface area contributed by atoms with Gasteiger partial charge in [-0.1, -0.05) is 6.08 Å². The van der Waals surface area contributed by atoms with Crippen LogP contribution in [0.5, 0.6) is 0 Å². The molecular weight excluding hydrogens is 527 g/mol. The second-order valence-corrected chi connectivity index (χ2v) is 11.1. The number of phosphoric acid groups is 3. The molecule has 18 nitrogen and oxygen atoms in total. The van der Waals surface area contributed by atoms with E-state index < -0.39 is 54.1 Å². The van der Waals surface area contributed by atoms with Crippen LogP contribution in [-0.4, -0.2) is 64.5 Å². The Morgan fingerprint density at radius 3 is 2.62 bits per heavy atom. The van der Waals surface area contributed by atoms with Crippen molar-refractivity contribution in [1.82, 2.24) is 19.5 Å². The second kappa shape index (κ2) is 10.1. The molecule has 3 heterocycles. The van der Waals surface area contributed by atoms with E-state index in [0.29, 0.717) is 0 Å². The quantitative estimate of drug-likeness (QED) is 0.158. The highest BCUT2D eigenvalue weighted by molar-refractivity contribution is 7.66. The number of rotatable bonds is 11. The van der Waals surface area contributed by atoms with Crippen LogP contribution in [0, 0.1) is 0 Å². The summed E-state index contributed by atoms with van der Waals surface area (Å²) in [5.74, 6) is -0.166. The third kappa shape index (κ3) is 6.88. The smallest absolute Gasteiger partial charge is 0.371 e. The maximum atomic E-state index is 12.0. The average Bonchev–Trinajstić information content (AvgIpc) is 3.25. The molecule has 0 amide bonds. The molecule has 1 aliphatic heterocycles. The fourth-order valence-electron chi connectivity index (χ4n) is 3.01. The van der Waals surface area contributed by atoms with Crippen molar-refractivity contribution < 1.29 is 55.9 Å². The number of nitrogen functional groups attached to an aromatic ring is 1. The number of anilines is 1. The number of ether oxygens (including phenoxy) is 2. The van der Waals surface area contributed by atoms with Crippen LogP contribution in [0.15, 0.2) is 23.8 Å². The molecule has 7 N–H and O–H groups in total. The number of nitrogens with zero attached hydrogens (tertiary/aromatic N) is 3. The minimum atomic E-state index is -5.67. The van der Waals surface area contributed by atoms with Gasteiger partial charge >= 0.3 is 23.5 Å². The van der Waals surface area contributed by atoms with E-state index >= 15 is 0 Å². The summed E-state index contributed by atoms with van der Waals surface area (Å²) in [7, 11) is -16.6. The van der Waals surface area contributed by atoms with Gasteiger partial charge in [0.15, 0.2) is 11.2 Å². The number of nitrogens with two attached hydrogens (primary N) is 1. The van der Waals surface area contributed by atoms with Gasteiger partial charge in [0, 0.05) is 6.42 Å². The van der Waals surface area contributed by atoms with Gasteiger partial charge in [-0.05, 0) is 0 Å². The highest BCUT2D eigenvalue weighted by Crippen LogP contribution is 2.66. The first-order valence-corrected chi connectivity index (χ1v) is 13.6. The molecule has 0 bridgehead atoms. The van der Waals surface area contributed by atoms with E-state index in [1.54, 1.807) is 0 Å². The molecule has 1 saturated heterocycles. The van der Waals surface area contributed by atoms with E-state index in [1.807, 2.05) is 0 Å². The Balaban J connectivity index is 1.75. The minimum absolute atomic E-state index is 0.0157. The summed E-state index contributed by atoms with van der Waals surface area (Å²) in [6.45, 7) is 2.84. The van der Waals surface area contributed by atoms with Gasteiger partial charge in [-0.3, -0.25) is 18.9 Å². The monoisotopic (exact) mass is 547 g/mol. The van der Waals surface area contributed by atoms with E-state index in [4.69, 9.17) is 25.0 Å². The summed E-state index contributed by atoms with van der Waals surface area (Å²) in [6, 6.07) is 0. The summed E-state index contributed by atoms with van der Waals surface area (Å²) in [6.07, 6.45) is 0.146. The average molecular weight is 547 g/mol. The normalized spacial score (nSPS) is 24.6. The van der Waals surface area contributed by atoms with Crippen molar-refractivity contribution >= 4 is 40.6 Å². The lowest BCUT2D eigenvalue weighted by molar-refractivity contribution is -0.0551. The number of nitrogens with one attached hydrogen (secondary N) is 1. The molecule has 0 aliphatic carbocycles. The lowest BCUT2D eigenvalue weighted by Gasteiger charge is -2.21. The number of H-pyrrole nitrogens is 1. The maximum absolute atomic E-state index is 12.0. The van der Waals surface area contributed by atoms with Gasteiger partial charge in [-0.15, -0.1) is 6.58 Å². The number of imidazole rings is 1. The van der Waals surface area contributed by atoms with Crippen LogP contribution < -0.4 is 11.3 Å². The Hall–Kier alpha value is -1.78. The molecule has 0 spiro atoms. The van der Waals surface area contributed by atoms with Gasteiger partial charge in [-0.25, -0.2) is 18.7 Å². The third-order valence-corrected chi connectivity index (χ3v) is 7.99. The molecule has 1 aliphatic rings. The van der Waals surface area contributed by atoms with Crippen molar-refractivity contribution in [3.8, 4) is 0 Å². The number of fused-ring (bicyclic) bond motifs is 1. The molecule has 2 aromatic rings. The van der Waals surface area contributed by atoms with Gasteiger partial charge in [0.25, 0.3) is 5.56 Å². The summed E-state index contributed by atoms with van der Waals surface area (Å²) in [4.78, 5) is 58.3. The topological polar surface area (TPSA) is 268 Å².